The minimum absolute atomic E-state index is 0.148. The van der Waals surface area contributed by atoms with E-state index in [1.54, 1.807) is 18.3 Å². The van der Waals surface area contributed by atoms with Crippen LogP contribution in [0, 0.1) is 18.2 Å². The molecule has 2 aromatic carbocycles. The Labute approximate surface area is 203 Å². The molecule has 9 heteroatoms. The first kappa shape index (κ1) is 24.3. The van der Waals surface area contributed by atoms with E-state index in [9.17, 15) is 8.94 Å². The molecule has 3 aromatic rings. The van der Waals surface area contributed by atoms with Crippen molar-refractivity contribution in [2.24, 2.45) is 0 Å². The number of rotatable bonds is 9. The molecule has 1 aliphatic heterocycles. The minimum atomic E-state index is -1.26. The van der Waals surface area contributed by atoms with E-state index >= 15 is 0 Å². The number of anilines is 3. The van der Waals surface area contributed by atoms with Crippen molar-refractivity contribution < 1.29 is 8.94 Å². The molecule has 1 fully saturated rings. The van der Waals surface area contributed by atoms with Crippen molar-refractivity contribution in [2.75, 3.05) is 30.4 Å². The van der Waals surface area contributed by atoms with E-state index in [4.69, 9.17) is 5.41 Å². The minimum Gasteiger partial charge on any atom is -0.593 e. The molecule has 180 valence electrons. The van der Waals surface area contributed by atoms with Gasteiger partial charge in [0.1, 0.15) is 12.0 Å². The van der Waals surface area contributed by atoms with E-state index in [0.29, 0.717) is 0 Å². The summed E-state index contributed by atoms with van der Waals surface area (Å²) in [5.74, 6) is -0.284. The first-order valence-corrected chi connectivity index (χ1v) is 12.6. The van der Waals surface area contributed by atoms with Gasteiger partial charge in [-0.2, -0.15) is 5.10 Å². The summed E-state index contributed by atoms with van der Waals surface area (Å²) in [6.45, 7) is 6.57. The van der Waals surface area contributed by atoms with Crippen molar-refractivity contribution in [3.05, 3.63) is 65.7 Å². The molecule has 1 saturated heterocycles. The zero-order valence-corrected chi connectivity index (χ0v) is 20.6. The Hall–Kier alpha value is -2.88. The zero-order valence-electron chi connectivity index (χ0n) is 19.8. The lowest BCUT2D eigenvalue weighted by Crippen LogP contribution is -2.39. The largest absolute Gasteiger partial charge is 0.593 e. The molecule has 4 rings (SSSR count). The molecule has 0 bridgehead atoms. The number of nitrogens with zero attached hydrogens (tertiary/aromatic N) is 4. The first-order valence-electron chi connectivity index (χ1n) is 11.5. The Balaban J connectivity index is 1.47. The summed E-state index contributed by atoms with van der Waals surface area (Å²) in [6.07, 6.45) is 6.78. The number of hydrogen-bond acceptors (Lipinski definition) is 6. The monoisotopic (exact) mass is 482 g/mol. The Kier molecular flexibility index (Phi) is 7.55. The van der Waals surface area contributed by atoms with Gasteiger partial charge in [-0.05, 0) is 61.7 Å². The fraction of sp³-hybridized carbons (Fsp3) is 0.360. The van der Waals surface area contributed by atoms with E-state index in [1.807, 2.05) is 34.4 Å². The second-order valence-corrected chi connectivity index (χ2v) is 10.2. The third-order valence-electron chi connectivity index (χ3n) is 6.19. The molecule has 1 aromatic heterocycles. The zero-order chi connectivity index (χ0) is 24.2. The number of halogens is 1. The molecular formula is C25H31FN6OS. The average molecular weight is 483 g/mol. The van der Waals surface area contributed by atoms with Crippen LogP contribution in [0.3, 0.4) is 0 Å². The third kappa shape index (κ3) is 5.27. The topological polar surface area (TPSA) is 83.2 Å². The van der Waals surface area contributed by atoms with Gasteiger partial charge in [-0.1, -0.05) is 6.92 Å². The van der Waals surface area contributed by atoms with Crippen molar-refractivity contribution in [2.45, 2.75) is 44.2 Å². The standard InChI is InChI=1S/C25H31FN6OS/c1-4-10-32-17-23(15-28-32)34(33)30(3)22-9-11-31(16-22)25-13-19(14-27)24(12-18(25)2)29-21-7-5-20(26)6-8-21/h5-8,12-15,17,22,27,29H,4,9-11,16H2,1-3H3. The molecule has 0 radical (unpaired) electrons. The van der Waals surface area contributed by atoms with Gasteiger partial charge in [0.25, 0.3) is 0 Å². The van der Waals surface area contributed by atoms with E-state index in [1.165, 1.54) is 18.3 Å². The Morgan fingerprint density at radius 3 is 2.79 bits per heavy atom. The SMILES string of the molecule is CCCn1cc([S+]([O-])N(C)C2CCN(c3cc(C=N)c(Nc4ccc(F)cc4)cc3C)C2)cn1. The first-order chi connectivity index (χ1) is 16.4. The van der Waals surface area contributed by atoms with E-state index < -0.39 is 11.4 Å². The Morgan fingerprint density at radius 1 is 1.32 bits per heavy atom. The van der Waals surface area contributed by atoms with Crippen molar-refractivity contribution in [3.63, 3.8) is 0 Å². The molecule has 34 heavy (non-hydrogen) atoms. The van der Waals surface area contributed by atoms with Crippen LogP contribution in [-0.2, 0) is 17.9 Å². The van der Waals surface area contributed by atoms with E-state index in [0.717, 1.165) is 65.6 Å². The van der Waals surface area contributed by atoms with E-state index in [-0.39, 0.29) is 11.9 Å². The van der Waals surface area contributed by atoms with E-state index in [2.05, 4.69) is 29.2 Å². The normalized spacial score (nSPS) is 16.8. The summed E-state index contributed by atoms with van der Waals surface area (Å²) in [5.41, 5.74) is 4.49. The van der Waals surface area contributed by atoms with Crippen LogP contribution in [-0.4, -0.2) is 51.0 Å². The molecule has 1 aliphatic rings. The van der Waals surface area contributed by atoms with Gasteiger partial charge >= 0.3 is 0 Å². The fourth-order valence-corrected chi connectivity index (χ4v) is 5.44. The molecule has 0 aliphatic carbocycles. The number of aromatic nitrogens is 2. The molecule has 0 spiro atoms. The van der Waals surface area contributed by atoms with Crippen molar-refractivity contribution >= 4 is 34.6 Å². The summed E-state index contributed by atoms with van der Waals surface area (Å²) in [7, 11) is 1.91. The average Bonchev–Trinajstić information content (AvgIpc) is 3.50. The summed E-state index contributed by atoms with van der Waals surface area (Å²) in [5, 5.41) is 15.5. The van der Waals surface area contributed by atoms with Crippen LogP contribution in [0.2, 0.25) is 0 Å². The fourth-order valence-electron chi connectivity index (χ4n) is 4.31. The predicted octanol–water partition coefficient (Wildman–Crippen LogP) is 4.72. The van der Waals surface area contributed by atoms with Crippen LogP contribution in [0.5, 0.6) is 0 Å². The van der Waals surface area contributed by atoms with Gasteiger partial charge in [-0.15, -0.1) is 4.31 Å². The highest BCUT2D eigenvalue weighted by Gasteiger charge is 2.34. The van der Waals surface area contributed by atoms with Crippen LogP contribution in [0.1, 0.15) is 30.9 Å². The van der Waals surface area contributed by atoms with Crippen molar-refractivity contribution in [1.82, 2.24) is 14.1 Å². The molecule has 2 N–H and O–H groups in total. The maximum Gasteiger partial charge on any atom is 0.211 e. The Bertz CT molecular complexity index is 1130. The number of hydrogen-bond donors (Lipinski definition) is 2. The van der Waals surface area contributed by atoms with Gasteiger partial charge in [-0.25, -0.2) is 4.39 Å². The molecule has 2 unspecified atom stereocenters. The summed E-state index contributed by atoms with van der Waals surface area (Å²) < 4.78 is 30.1. The van der Waals surface area contributed by atoms with Crippen molar-refractivity contribution in [1.29, 1.82) is 5.41 Å². The maximum absolute atomic E-state index is 13.2. The maximum atomic E-state index is 13.2. The third-order valence-corrected chi connectivity index (χ3v) is 7.63. The second kappa shape index (κ2) is 10.6. The lowest BCUT2D eigenvalue weighted by molar-refractivity contribution is 0.389. The highest BCUT2D eigenvalue weighted by atomic mass is 32.2. The van der Waals surface area contributed by atoms with Crippen LogP contribution < -0.4 is 10.2 Å². The number of benzene rings is 2. The molecule has 2 atom stereocenters. The molecule has 0 saturated carbocycles. The molecular weight excluding hydrogens is 451 g/mol. The van der Waals surface area contributed by atoms with Gasteiger partial charge in [0, 0.05) is 55.5 Å². The molecule has 2 heterocycles. The lowest BCUT2D eigenvalue weighted by Gasteiger charge is -2.26. The summed E-state index contributed by atoms with van der Waals surface area (Å²) in [6, 6.07) is 10.4. The highest BCUT2D eigenvalue weighted by molar-refractivity contribution is 7.89. The van der Waals surface area contributed by atoms with Crippen LogP contribution >= 0.6 is 0 Å². The Morgan fingerprint density at radius 2 is 2.09 bits per heavy atom. The second-order valence-electron chi connectivity index (χ2n) is 8.63. The van der Waals surface area contributed by atoms with Gasteiger partial charge in [-0.3, -0.25) is 4.68 Å². The van der Waals surface area contributed by atoms with Gasteiger partial charge in [0.05, 0.1) is 23.6 Å². The van der Waals surface area contributed by atoms with Crippen LogP contribution in [0.15, 0.2) is 53.7 Å². The number of nitrogens with one attached hydrogen (secondary N) is 2. The highest BCUT2D eigenvalue weighted by Crippen LogP contribution is 2.32. The summed E-state index contributed by atoms with van der Waals surface area (Å²) in [4.78, 5) is 3.02. The summed E-state index contributed by atoms with van der Waals surface area (Å²) >= 11 is -1.26. The van der Waals surface area contributed by atoms with Crippen LogP contribution in [0.4, 0.5) is 21.5 Å². The molecule has 0 amide bonds. The quantitative estimate of drug-likeness (QED) is 0.341. The molecule has 7 nitrogen and oxygen atoms in total. The number of aryl methyl sites for hydroxylation is 2. The van der Waals surface area contributed by atoms with Gasteiger partial charge in [0.2, 0.25) is 4.90 Å². The van der Waals surface area contributed by atoms with Gasteiger partial charge in [0.15, 0.2) is 0 Å². The smallest absolute Gasteiger partial charge is 0.211 e. The van der Waals surface area contributed by atoms with Gasteiger partial charge < -0.3 is 20.2 Å². The van der Waals surface area contributed by atoms with Crippen LogP contribution in [0.25, 0.3) is 0 Å². The number of likely N-dealkylation sites (N-methyl/N-ethyl adjacent to an activating group) is 1. The van der Waals surface area contributed by atoms with Crippen molar-refractivity contribution in [3.8, 4) is 0 Å². The lowest BCUT2D eigenvalue weighted by atomic mass is 10.1. The predicted molar refractivity (Wildman–Crippen MR) is 136 cm³/mol.